The number of nitro groups is 1. The van der Waals surface area contributed by atoms with Crippen molar-refractivity contribution in [1.82, 2.24) is 4.98 Å². The minimum absolute atomic E-state index is 0.00230. The lowest BCUT2D eigenvalue weighted by Gasteiger charge is -2.08. The molecule has 0 aliphatic rings. The average molecular weight is 404 g/mol. The van der Waals surface area contributed by atoms with E-state index in [9.17, 15) is 19.7 Å². The molecule has 0 radical (unpaired) electrons. The Morgan fingerprint density at radius 2 is 1.31 bits per heavy atom. The van der Waals surface area contributed by atoms with E-state index in [0.717, 1.165) is 11.1 Å². The number of hydrogen-bond acceptors (Lipinski definition) is 7. The van der Waals surface area contributed by atoms with Crippen LogP contribution >= 0.6 is 0 Å². The summed E-state index contributed by atoms with van der Waals surface area (Å²) in [6, 6.07) is 8.80. The molecule has 6 N–H and O–H groups in total. The highest BCUT2D eigenvalue weighted by Crippen LogP contribution is 2.13. The molecule has 0 aliphatic heterocycles. The van der Waals surface area contributed by atoms with Gasteiger partial charge in [0.15, 0.2) is 0 Å². The number of nitrogens with zero attached hydrogens (tertiary/aromatic N) is 2. The highest BCUT2D eigenvalue weighted by molar-refractivity contribution is 5.67. The molecule has 10 nitrogen and oxygen atoms in total. The van der Waals surface area contributed by atoms with Crippen LogP contribution in [0.5, 0.6) is 0 Å². The molecule has 2 atom stereocenters. The summed E-state index contributed by atoms with van der Waals surface area (Å²) in [5.41, 5.74) is 13.0. The van der Waals surface area contributed by atoms with Gasteiger partial charge in [-0.05, 0) is 36.1 Å². The summed E-state index contributed by atoms with van der Waals surface area (Å²) in [6.45, 7) is 0. The van der Waals surface area contributed by atoms with Crippen LogP contribution in [0, 0.1) is 10.1 Å². The summed E-state index contributed by atoms with van der Waals surface area (Å²) in [6.07, 6.45) is 4.20. The van der Waals surface area contributed by atoms with Crippen LogP contribution in [0.15, 0.2) is 48.8 Å². The lowest BCUT2D eigenvalue weighted by molar-refractivity contribution is -0.384. The van der Waals surface area contributed by atoms with Crippen LogP contribution in [0.1, 0.15) is 24.0 Å². The van der Waals surface area contributed by atoms with Gasteiger partial charge in [0.25, 0.3) is 5.69 Å². The summed E-state index contributed by atoms with van der Waals surface area (Å²) < 4.78 is 0. The van der Waals surface area contributed by atoms with Crippen molar-refractivity contribution in [2.24, 2.45) is 11.5 Å². The van der Waals surface area contributed by atoms with Crippen LogP contribution in [0.3, 0.4) is 0 Å². The smallest absolute Gasteiger partial charge is 0.304 e. The minimum Gasteiger partial charge on any atom is -0.481 e. The van der Waals surface area contributed by atoms with E-state index in [1.165, 1.54) is 12.1 Å². The first-order valence-corrected chi connectivity index (χ1v) is 8.74. The van der Waals surface area contributed by atoms with E-state index in [0.29, 0.717) is 12.8 Å². The maximum atomic E-state index is 10.4. The topological polar surface area (TPSA) is 183 Å². The maximum absolute atomic E-state index is 10.4. The van der Waals surface area contributed by atoms with Crippen molar-refractivity contribution in [2.75, 3.05) is 0 Å². The molecule has 2 rings (SSSR count). The van der Waals surface area contributed by atoms with E-state index in [1.807, 2.05) is 12.1 Å². The van der Waals surface area contributed by atoms with Gasteiger partial charge in [-0.15, -0.1) is 0 Å². The van der Waals surface area contributed by atoms with Crippen molar-refractivity contribution in [3.8, 4) is 0 Å². The summed E-state index contributed by atoms with van der Waals surface area (Å²) in [5.74, 6) is -1.81. The van der Waals surface area contributed by atoms with E-state index >= 15 is 0 Å². The van der Waals surface area contributed by atoms with Crippen molar-refractivity contribution in [1.29, 1.82) is 0 Å². The fraction of sp³-hybridized carbons (Fsp3) is 0.316. The Morgan fingerprint density at radius 3 is 1.69 bits per heavy atom. The molecule has 1 aromatic carbocycles. The number of carboxylic acids is 2. The largest absolute Gasteiger partial charge is 0.481 e. The van der Waals surface area contributed by atoms with Gasteiger partial charge in [0.2, 0.25) is 0 Å². The number of hydrogen-bond donors (Lipinski definition) is 4. The van der Waals surface area contributed by atoms with Gasteiger partial charge in [-0.2, -0.15) is 0 Å². The summed E-state index contributed by atoms with van der Waals surface area (Å²) in [4.78, 5) is 34.4. The molecule has 0 aliphatic carbocycles. The van der Waals surface area contributed by atoms with E-state index < -0.39 is 22.9 Å². The third-order valence-electron chi connectivity index (χ3n) is 3.77. The number of nitro benzene ring substituents is 1. The van der Waals surface area contributed by atoms with Gasteiger partial charge >= 0.3 is 11.9 Å². The second-order valence-corrected chi connectivity index (χ2v) is 6.40. The van der Waals surface area contributed by atoms with Crippen molar-refractivity contribution in [2.45, 2.75) is 37.8 Å². The zero-order valence-electron chi connectivity index (χ0n) is 15.7. The van der Waals surface area contributed by atoms with Crippen LogP contribution < -0.4 is 11.5 Å². The molecule has 29 heavy (non-hydrogen) atoms. The van der Waals surface area contributed by atoms with E-state index in [2.05, 4.69) is 4.98 Å². The van der Waals surface area contributed by atoms with E-state index in [-0.39, 0.29) is 24.6 Å². The number of benzene rings is 1. The number of rotatable bonds is 9. The molecule has 2 aromatic rings. The monoisotopic (exact) mass is 404 g/mol. The Morgan fingerprint density at radius 1 is 0.897 bits per heavy atom. The lowest BCUT2D eigenvalue weighted by atomic mass is 10.0. The first-order valence-electron chi connectivity index (χ1n) is 8.74. The van der Waals surface area contributed by atoms with Gasteiger partial charge in [-0.25, -0.2) is 0 Å². The Labute approximate surface area is 167 Å². The Balaban J connectivity index is 0.000000296. The minimum atomic E-state index is -0.950. The van der Waals surface area contributed by atoms with Crippen LogP contribution in [-0.4, -0.2) is 44.1 Å². The average Bonchev–Trinajstić information content (AvgIpc) is 2.62. The fourth-order valence-electron chi connectivity index (χ4n) is 2.47. The Hall–Kier alpha value is -3.37. The molecule has 0 spiro atoms. The van der Waals surface area contributed by atoms with Gasteiger partial charge in [-0.1, -0.05) is 12.1 Å². The molecular weight excluding hydrogens is 380 g/mol. The van der Waals surface area contributed by atoms with Crippen molar-refractivity contribution >= 4 is 17.6 Å². The first-order chi connectivity index (χ1) is 13.7. The molecule has 1 aromatic heterocycles. The van der Waals surface area contributed by atoms with Gasteiger partial charge in [-0.3, -0.25) is 24.7 Å². The van der Waals surface area contributed by atoms with Crippen molar-refractivity contribution in [3.63, 3.8) is 0 Å². The zero-order chi connectivity index (χ0) is 21.8. The van der Waals surface area contributed by atoms with E-state index in [1.54, 1.807) is 24.5 Å². The number of carboxylic acid groups (broad SMARTS) is 2. The van der Waals surface area contributed by atoms with Crippen LogP contribution in [-0.2, 0) is 22.4 Å². The molecule has 0 fully saturated rings. The molecule has 10 heteroatoms. The number of carbonyl (C=O) groups is 2. The zero-order valence-corrected chi connectivity index (χ0v) is 15.7. The quantitative estimate of drug-likeness (QED) is 0.354. The Bertz CT molecular complexity index is 798. The summed E-state index contributed by atoms with van der Waals surface area (Å²) in [5, 5.41) is 27.4. The molecule has 0 amide bonds. The number of non-ortho nitro benzene ring substituents is 1. The molecule has 1 heterocycles. The third kappa shape index (κ3) is 10.5. The molecule has 0 unspecified atom stereocenters. The van der Waals surface area contributed by atoms with E-state index in [4.69, 9.17) is 21.7 Å². The first kappa shape index (κ1) is 23.7. The highest BCUT2D eigenvalue weighted by Gasteiger charge is 2.10. The fourth-order valence-corrected chi connectivity index (χ4v) is 2.47. The maximum Gasteiger partial charge on any atom is 0.304 e. The standard InChI is InChI=1S/C10H12N2O4.C9H12N2O2/c11-8(6-10(13)14)5-7-1-3-9(4-2-7)12(15)16;10-8(6-9(12)13)5-7-1-3-11-4-2-7/h1-4,8H,5-6,11H2,(H,13,14);1-4,8H,5-6,10H2,(H,12,13)/t2*8-/m00/s1. The van der Waals surface area contributed by atoms with Crippen molar-refractivity contribution < 1.29 is 24.7 Å². The summed E-state index contributed by atoms with van der Waals surface area (Å²) >= 11 is 0. The number of nitrogens with two attached hydrogens (primary N) is 2. The number of aromatic nitrogens is 1. The van der Waals surface area contributed by atoms with Gasteiger partial charge in [0.05, 0.1) is 17.8 Å². The van der Waals surface area contributed by atoms with Crippen LogP contribution in [0.25, 0.3) is 0 Å². The number of pyridine rings is 1. The predicted molar refractivity (Wildman–Crippen MR) is 105 cm³/mol. The molecule has 0 saturated carbocycles. The molecule has 156 valence electrons. The number of aliphatic carboxylic acids is 2. The van der Waals surface area contributed by atoms with Gasteiger partial charge < -0.3 is 21.7 Å². The second-order valence-electron chi connectivity index (χ2n) is 6.40. The van der Waals surface area contributed by atoms with Crippen LogP contribution in [0.2, 0.25) is 0 Å². The van der Waals surface area contributed by atoms with Crippen LogP contribution in [0.4, 0.5) is 5.69 Å². The summed E-state index contributed by atoms with van der Waals surface area (Å²) in [7, 11) is 0. The normalized spacial score (nSPS) is 12.2. The highest BCUT2D eigenvalue weighted by atomic mass is 16.6. The Kier molecular flexibility index (Phi) is 9.92. The third-order valence-corrected chi connectivity index (χ3v) is 3.77. The van der Waals surface area contributed by atoms with Gasteiger partial charge in [0.1, 0.15) is 0 Å². The molecule has 0 saturated heterocycles. The van der Waals surface area contributed by atoms with Crippen molar-refractivity contribution in [3.05, 3.63) is 70.0 Å². The SMILES string of the molecule is N[C@H](CC(=O)O)Cc1ccc([N+](=O)[O-])cc1.N[C@H](CC(=O)O)Cc1ccncc1. The molecular formula is C19H24N4O6. The van der Waals surface area contributed by atoms with Gasteiger partial charge in [0, 0.05) is 36.6 Å². The molecule has 0 bridgehead atoms. The lowest BCUT2D eigenvalue weighted by Crippen LogP contribution is -2.26. The second kappa shape index (κ2) is 12.2. The predicted octanol–water partition coefficient (Wildman–Crippen LogP) is 1.37.